The van der Waals surface area contributed by atoms with Gasteiger partial charge < -0.3 is 18.9 Å². The molecule has 1 amide bonds. The average molecular weight is 588 g/mol. The Morgan fingerprint density at radius 3 is 2.66 bits per heavy atom. The molecule has 0 radical (unpaired) electrons. The molecule has 2 aliphatic heterocycles. The Morgan fingerprint density at radius 2 is 1.95 bits per heavy atom. The molecule has 0 saturated heterocycles. The molecule has 1 saturated carbocycles. The topological polar surface area (TPSA) is 116 Å². The Bertz CT molecular complexity index is 1700. The summed E-state index contributed by atoms with van der Waals surface area (Å²) < 4.78 is 57.9. The van der Waals surface area contributed by atoms with Gasteiger partial charge in [0.05, 0.1) is 26.0 Å². The first-order valence-electron chi connectivity index (χ1n) is 14.1. The number of rotatable bonds is 3. The molecule has 4 heterocycles. The number of aromatic nitrogens is 3. The maximum Gasteiger partial charge on any atom is 0.280 e. The number of amides is 1. The molecule has 1 aliphatic carbocycles. The van der Waals surface area contributed by atoms with E-state index in [1.165, 1.54) is 34.3 Å². The van der Waals surface area contributed by atoms with E-state index in [2.05, 4.69) is 0 Å². The van der Waals surface area contributed by atoms with Gasteiger partial charge in [-0.25, -0.2) is 21.8 Å². The molecule has 0 N–H and O–H groups in total. The van der Waals surface area contributed by atoms with Crippen LogP contribution in [0, 0.1) is 5.82 Å². The Morgan fingerprint density at radius 1 is 1.17 bits per heavy atom. The van der Waals surface area contributed by atoms with E-state index in [0.717, 1.165) is 0 Å². The molecular weight excluding hydrogens is 553 g/mol. The van der Waals surface area contributed by atoms with E-state index in [1.807, 2.05) is 13.8 Å². The van der Waals surface area contributed by atoms with Crippen LogP contribution >= 0.6 is 0 Å². The highest BCUT2D eigenvalue weighted by Crippen LogP contribution is 2.44. The summed E-state index contributed by atoms with van der Waals surface area (Å²) in [5.41, 5.74) is 0.473. The van der Waals surface area contributed by atoms with Crippen molar-refractivity contribution in [1.29, 1.82) is 0 Å². The van der Waals surface area contributed by atoms with E-state index in [-0.39, 0.29) is 65.1 Å². The number of ether oxygens (including phenoxy) is 2. The summed E-state index contributed by atoms with van der Waals surface area (Å²) in [7, 11) is -2.43. The van der Waals surface area contributed by atoms with Crippen molar-refractivity contribution in [3.05, 3.63) is 45.6 Å². The molecule has 41 heavy (non-hydrogen) atoms. The molecule has 1 aromatic carbocycles. The summed E-state index contributed by atoms with van der Waals surface area (Å²) in [6.45, 7) is 4.86. The van der Waals surface area contributed by atoms with Gasteiger partial charge in [-0.2, -0.15) is 0 Å². The van der Waals surface area contributed by atoms with Gasteiger partial charge in [0.2, 0.25) is 10.0 Å². The van der Waals surface area contributed by atoms with Gasteiger partial charge in [-0.15, -0.1) is 5.10 Å². The van der Waals surface area contributed by atoms with Crippen LogP contribution in [0.5, 0.6) is 11.5 Å². The third-order valence-corrected chi connectivity index (χ3v) is 9.95. The second kappa shape index (κ2) is 10.3. The number of carbonyl (C=O) groups is 1. The summed E-state index contributed by atoms with van der Waals surface area (Å²) >= 11 is 0. The van der Waals surface area contributed by atoms with Crippen LogP contribution in [0.1, 0.15) is 68.0 Å². The molecule has 2 aromatic heterocycles. The average Bonchev–Trinajstić information content (AvgIpc) is 3.69. The fourth-order valence-electron chi connectivity index (χ4n) is 5.96. The van der Waals surface area contributed by atoms with Gasteiger partial charge in [0, 0.05) is 36.8 Å². The molecule has 220 valence electrons. The van der Waals surface area contributed by atoms with E-state index in [1.54, 1.807) is 9.47 Å². The van der Waals surface area contributed by atoms with Gasteiger partial charge in [-0.3, -0.25) is 9.59 Å². The first-order chi connectivity index (χ1) is 19.7. The Kier molecular flexibility index (Phi) is 6.95. The van der Waals surface area contributed by atoms with Gasteiger partial charge in [-0.05, 0) is 52.0 Å². The molecular formula is C28H34FN5O6S. The van der Waals surface area contributed by atoms with Crippen molar-refractivity contribution in [3.8, 4) is 11.5 Å². The zero-order chi connectivity index (χ0) is 29.1. The fraction of sp³-hybridized carbons (Fsp3) is 0.536. The molecule has 3 aliphatic rings. The number of sulfonamides is 1. The normalized spacial score (nSPS) is 21.2. The zero-order valence-corrected chi connectivity index (χ0v) is 24.2. The van der Waals surface area contributed by atoms with Crippen LogP contribution in [0.2, 0.25) is 0 Å². The minimum Gasteiger partial charge on any atom is -0.493 e. The highest BCUT2D eigenvalue weighted by molar-refractivity contribution is 7.92. The quantitative estimate of drug-likeness (QED) is 0.462. The molecule has 0 spiro atoms. The van der Waals surface area contributed by atoms with E-state index < -0.39 is 21.4 Å². The van der Waals surface area contributed by atoms with Crippen LogP contribution in [0.15, 0.2) is 23.0 Å². The number of methoxy groups -OCH3 is 1. The lowest BCUT2D eigenvalue weighted by atomic mass is 10.2. The van der Waals surface area contributed by atoms with Crippen molar-refractivity contribution in [3.63, 3.8) is 0 Å². The van der Waals surface area contributed by atoms with Crippen LogP contribution in [0.4, 0.5) is 10.2 Å². The van der Waals surface area contributed by atoms with Crippen molar-refractivity contribution < 1.29 is 27.1 Å². The van der Waals surface area contributed by atoms with E-state index in [0.29, 0.717) is 56.5 Å². The Balaban J connectivity index is 1.70. The highest BCUT2D eigenvalue weighted by atomic mass is 32.2. The number of likely N-dealkylation sites (N-methyl/N-ethyl adjacent to an activating group) is 1. The van der Waals surface area contributed by atoms with E-state index in [9.17, 15) is 22.4 Å². The Labute approximate surface area is 237 Å². The second-order valence-electron chi connectivity index (χ2n) is 11.0. The Hall–Kier alpha value is -3.61. The number of fused-ring (bicyclic) bond motifs is 7. The molecule has 3 aromatic rings. The SMILES string of the molecule is CCN1C[C@H](C)n2c(c(OC)c3c(=O)n4nc(c32)N(C2CC2)S(=O)(=O)CCCCCOc2cc(F)ccc2C4)C1=O. The van der Waals surface area contributed by atoms with Gasteiger partial charge in [-0.1, -0.05) is 6.07 Å². The van der Waals surface area contributed by atoms with Crippen LogP contribution in [-0.2, 0) is 16.6 Å². The molecule has 1 atom stereocenters. The number of hydrogen-bond donors (Lipinski definition) is 0. The number of carbonyl (C=O) groups excluding carboxylic acids is 1. The van der Waals surface area contributed by atoms with Gasteiger partial charge in [0.1, 0.15) is 22.5 Å². The smallest absolute Gasteiger partial charge is 0.280 e. The third-order valence-electron chi connectivity index (χ3n) is 8.08. The minimum atomic E-state index is -3.83. The number of hydrogen-bond acceptors (Lipinski definition) is 7. The summed E-state index contributed by atoms with van der Waals surface area (Å²) in [6.07, 6.45) is 2.95. The molecule has 2 bridgehead atoms. The number of anilines is 1. The lowest BCUT2D eigenvalue weighted by molar-refractivity contribution is 0.0685. The summed E-state index contributed by atoms with van der Waals surface area (Å²) in [5, 5.41) is 4.80. The standard InChI is InChI=1S/C28H34FN5O6S/c1-4-31-15-17(2)33-23-22(25(39-3)24(33)28(31)36)27(35)32-16-18-8-9-19(29)14-21(18)40-12-6-5-7-13-41(37,38)34(20-10-11-20)26(23)30-32/h8-9,14,17,20H,4-7,10-13,15-16H2,1-3H3/t17-/m0/s1. The number of benzene rings is 1. The minimum absolute atomic E-state index is 0.0931. The van der Waals surface area contributed by atoms with Gasteiger partial charge >= 0.3 is 0 Å². The summed E-state index contributed by atoms with van der Waals surface area (Å²) in [6, 6.07) is 3.55. The van der Waals surface area contributed by atoms with E-state index >= 15 is 0 Å². The van der Waals surface area contributed by atoms with Crippen LogP contribution in [0.3, 0.4) is 0 Å². The summed E-state index contributed by atoms with van der Waals surface area (Å²) in [5.74, 6) is -0.354. The lowest BCUT2D eigenvalue weighted by Gasteiger charge is -2.33. The van der Waals surface area contributed by atoms with Crippen molar-refractivity contribution >= 4 is 32.7 Å². The van der Waals surface area contributed by atoms with E-state index in [4.69, 9.17) is 14.6 Å². The lowest BCUT2D eigenvalue weighted by Crippen LogP contribution is -2.42. The monoisotopic (exact) mass is 587 g/mol. The van der Waals surface area contributed by atoms with Gasteiger partial charge in [0.15, 0.2) is 17.3 Å². The maximum atomic E-state index is 14.2. The molecule has 13 heteroatoms. The van der Waals surface area contributed by atoms with Crippen LogP contribution < -0.4 is 19.3 Å². The zero-order valence-electron chi connectivity index (χ0n) is 23.4. The largest absolute Gasteiger partial charge is 0.493 e. The van der Waals surface area contributed by atoms with Crippen molar-refractivity contribution in [2.24, 2.45) is 0 Å². The van der Waals surface area contributed by atoms with Crippen molar-refractivity contribution in [2.45, 2.75) is 64.6 Å². The van der Waals surface area contributed by atoms with Crippen LogP contribution in [-0.4, -0.2) is 72.2 Å². The molecule has 1 fully saturated rings. The fourth-order valence-corrected chi connectivity index (χ4v) is 7.78. The van der Waals surface area contributed by atoms with Gasteiger partial charge in [0.25, 0.3) is 11.5 Å². The number of halogens is 1. The first-order valence-corrected chi connectivity index (χ1v) is 15.7. The second-order valence-corrected chi connectivity index (χ2v) is 12.9. The highest BCUT2D eigenvalue weighted by Gasteiger charge is 2.43. The third kappa shape index (κ3) is 4.63. The molecule has 11 nitrogen and oxygen atoms in total. The maximum absolute atomic E-state index is 14.2. The number of nitrogens with zero attached hydrogens (tertiary/aromatic N) is 5. The molecule has 6 rings (SSSR count). The molecule has 0 unspecified atom stereocenters. The predicted molar refractivity (Wildman–Crippen MR) is 151 cm³/mol. The predicted octanol–water partition coefficient (Wildman–Crippen LogP) is 3.29. The summed E-state index contributed by atoms with van der Waals surface area (Å²) in [4.78, 5) is 29.5. The van der Waals surface area contributed by atoms with Crippen molar-refractivity contribution in [2.75, 3.05) is 36.9 Å². The van der Waals surface area contributed by atoms with Crippen LogP contribution in [0.25, 0.3) is 10.9 Å². The first kappa shape index (κ1) is 27.6. The van der Waals surface area contributed by atoms with Crippen molar-refractivity contribution in [1.82, 2.24) is 19.2 Å².